The van der Waals surface area contributed by atoms with Gasteiger partial charge in [0.15, 0.2) is 18.5 Å². The first-order valence-electron chi connectivity index (χ1n) is 12.2. The minimum Gasteiger partial charge on any atom is -0.472 e. The fourth-order valence-corrected chi connectivity index (χ4v) is 4.65. The van der Waals surface area contributed by atoms with Crippen LogP contribution in [-0.2, 0) is 61.9 Å². The molecule has 0 bridgehead atoms. The number of aliphatic hydroxyl groups is 1. The SMILES string of the molecule is CC(=O)OCC1=CC(OC(C)=O)C2C=COC(O[C@H]3O[C@@H](COC(C)=O)[C@H](OC(C)=O)[C@@H](OC(C)=O)[C@@H]3O)C12. The summed E-state index contributed by atoms with van der Waals surface area (Å²) in [4.78, 5) is 58.2. The van der Waals surface area contributed by atoms with Crippen molar-refractivity contribution in [2.75, 3.05) is 13.2 Å². The molecule has 1 aliphatic carbocycles. The van der Waals surface area contributed by atoms with Crippen LogP contribution in [0.2, 0.25) is 0 Å². The van der Waals surface area contributed by atoms with Crippen molar-refractivity contribution in [2.45, 2.75) is 77.7 Å². The summed E-state index contributed by atoms with van der Waals surface area (Å²) in [5.41, 5.74) is 0.534. The average molecular weight is 557 g/mol. The molecular weight excluding hydrogens is 524 g/mol. The van der Waals surface area contributed by atoms with Crippen LogP contribution in [0.15, 0.2) is 24.0 Å². The van der Waals surface area contributed by atoms with Gasteiger partial charge in [0.05, 0.1) is 12.2 Å². The summed E-state index contributed by atoms with van der Waals surface area (Å²) in [5.74, 6) is -4.36. The largest absolute Gasteiger partial charge is 0.472 e. The Morgan fingerprint density at radius 3 is 2.03 bits per heavy atom. The molecule has 9 atom stereocenters. The third-order valence-electron chi connectivity index (χ3n) is 6.09. The van der Waals surface area contributed by atoms with Crippen LogP contribution in [-0.4, -0.2) is 91.3 Å². The predicted octanol–water partition coefficient (Wildman–Crippen LogP) is 0.0525. The summed E-state index contributed by atoms with van der Waals surface area (Å²) in [5, 5.41) is 11.1. The standard InChI is InChI=1S/C25H32O14/c1-11(26)33-9-16-8-18(35-13(3)28)17-6-7-32-24(20(16)17)39-25-21(31)23(37-15(5)30)22(36-14(4)29)19(38-25)10-34-12(2)27/h6-8,17-25,31H,9-10H2,1-5H3/t17?,18?,19-,20?,21-,22-,23-,24?,25+/m0/s1. The first-order chi connectivity index (χ1) is 18.4. The number of esters is 5. The summed E-state index contributed by atoms with van der Waals surface area (Å²) in [7, 11) is 0. The highest BCUT2D eigenvalue weighted by Crippen LogP contribution is 2.42. The van der Waals surface area contributed by atoms with Crippen molar-refractivity contribution < 1.29 is 67.0 Å². The maximum absolute atomic E-state index is 11.8. The molecule has 14 nitrogen and oxygen atoms in total. The number of hydrogen-bond donors (Lipinski definition) is 1. The third-order valence-corrected chi connectivity index (χ3v) is 6.09. The summed E-state index contributed by atoms with van der Waals surface area (Å²) in [6.07, 6.45) is -4.41. The number of hydrogen-bond acceptors (Lipinski definition) is 14. The second kappa shape index (κ2) is 13.0. The van der Waals surface area contributed by atoms with Crippen molar-refractivity contribution in [2.24, 2.45) is 11.8 Å². The Kier molecular flexibility index (Phi) is 10.1. The fourth-order valence-electron chi connectivity index (χ4n) is 4.65. The van der Waals surface area contributed by atoms with Crippen LogP contribution in [0.3, 0.4) is 0 Å². The van der Waals surface area contributed by atoms with Gasteiger partial charge in [-0.2, -0.15) is 0 Å². The van der Waals surface area contributed by atoms with Gasteiger partial charge in [-0.3, -0.25) is 24.0 Å². The van der Waals surface area contributed by atoms with E-state index in [0.717, 1.165) is 20.8 Å². The fraction of sp³-hybridized carbons (Fsp3) is 0.640. The third kappa shape index (κ3) is 7.77. The smallest absolute Gasteiger partial charge is 0.303 e. The Hall–Kier alpha value is -3.49. The maximum atomic E-state index is 11.8. The Labute approximate surface area is 224 Å². The van der Waals surface area contributed by atoms with Crippen LogP contribution in [0.25, 0.3) is 0 Å². The zero-order valence-electron chi connectivity index (χ0n) is 22.1. The van der Waals surface area contributed by atoms with Gasteiger partial charge in [0, 0.05) is 40.5 Å². The van der Waals surface area contributed by atoms with Crippen LogP contribution in [0.1, 0.15) is 34.6 Å². The van der Waals surface area contributed by atoms with Crippen molar-refractivity contribution in [3.8, 4) is 0 Å². The van der Waals surface area contributed by atoms with E-state index < -0.39 is 91.4 Å². The lowest BCUT2D eigenvalue weighted by molar-refractivity contribution is -0.341. The summed E-state index contributed by atoms with van der Waals surface area (Å²) < 4.78 is 43.6. The summed E-state index contributed by atoms with van der Waals surface area (Å²) >= 11 is 0. The molecule has 0 aromatic heterocycles. The Bertz CT molecular complexity index is 1020. The van der Waals surface area contributed by atoms with Gasteiger partial charge >= 0.3 is 29.8 Å². The van der Waals surface area contributed by atoms with Crippen LogP contribution >= 0.6 is 0 Å². The molecule has 1 fully saturated rings. The Balaban J connectivity index is 1.88. The number of aliphatic hydroxyl groups excluding tert-OH is 1. The quantitative estimate of drug-likeness (QED) is 0.229. The molecule has 39 heavy (non-hydrogen) atoms. The molecule has 3 rings (SSSR count). The number of rotatable bonds is 9. The molecule has 1 saturated heterocycles. The van der Waals surface area contributed by atoms with Gasteiger partial charge in [0.25, 0.3) is 0 Å². The number of carbonyl (C=O) groups excluding carboxylic acids is 5. The first kappa shape index (κ1) is 30.1. The molecule has 3 aliphatic rings. The molecule has 2 heterocycles. The molecule has 14 heteroatoms. The summed E-state index contributed by atoms with van der Waals surface area (Å²) in [6, 6.07) is 0. The van der Waals surface area contributed by atoms with E-state index >= 15 is 0 Å². The van der Waals surface area contributed by atoms with Crippen LogP contribution in [0.5, 0.6) is 0 Å². The lowest BCUT2D eigenvalue weighted by atomic mass is 9.88. The highest BCUT2D eigenvalue weighted by molar-refractivity contribution is 5.68. The van der Waals surface area contributed by atoms with Gasteiger partial charge in [-0.25, -0.2) is 0 Å². The normalized spacial score (nSPS) is 33.1. The van der Waals surface area contributed by atoms with Crippen molar-refractivity contribution >= 4 is 29.8 Å². The molecule has 216 valence electrons. The van der Waals surface area contributed by atoms with Gasteiger partial charge in [0.2, 0.25) is 6.29 Å². The molecule has 4 unspecified atom stereocenters. The van der Waals surface area contributed by atoms with E-state index in [1.807, 2.05) is 0 Å². The van der Waals surface area contributed by atoms with Crippen molar-refractivity contribution in [1.82, 2.24) is 0 Å². The summed E-state index contributed by atoms with van der Waals surface area (Å²) in [6.45, 7) is 5.32. The van der Waals surface area contributed by atoms with E-state index in [1.165, 1.54) is 20.1 Å². The van der Waals surface area contributed by atoms with Gasteiger partial charge in [0.1, 0.15) is 31.5 Å². The van der Waals surface area contributed by atoms with Crippen LogP contribution in [0, 0.1) is 11.8 Å². The van der Waals surface area contributed by atoms with Gasteiger partial charge in [-0.1, -0.05) is 0 Å². The second-order valence-corrected chi connectivity index (χ2v) is 9.15. The molecule has 1 N–H and O–H groups in total. The highest BCUT2D eigenvalue weighted by Gasteiger charge is 2.53. The van der Waals surface area contributed by atoms with Crippen molar-refractivity contribution in [1.29, 1.82) is 0 Å². The first-order valence-corrected chi connectivity index (χ1v) is 12.2. The van der Waals surface area contributed by atoms with Crippen LogP contribution in [0.4, 0.5) is 0 Å². The topological polar surface area (TPSA) is 179 Å². The molecule has 0 spiro atoms. The van der Waals surface area contributed by atoms with E-state index in [9.17, 15) is 29.1 Å². The van der Waals surface area contributed by atoms with E-state index in [4.69, 9.17) is 37.9 Å². The average Bonchev–Trinajstić information content (AvgIpc) is 3.18. The molecule has 0 saturated carbocycles. The predicted molar refractivity (Wildman–Crippen MR) is 125 cm³/mol. The maximum Gasteiger partial charge on any atom is 0.303 e. The molecule has 0 amide bonds. The second-order valence-electron chi connectivity index (χ2n) is 9.15. The minimum atomic E-state index is -1.67. The van der Waals surface area contributed by atoms with E-state index in [2.05, 4.69) is 0 Å². The van der Waals surface area contributed by atoms with Gasteiger partial charge < -0.3 is 43.0 Å². The van der Waals surface area contributed by atoms with Crippen molar-refractivity contribution in [3.63, 3.8) is 0 Å². The van der Waals surface area contributed by atoms with Crippen LogP contribution < -0.4 is 0 Å². The lowest BCUT2D eigenvalue weighted by Gasteiger charge is -2.44. The van der Waals surface area contributed by atoms with Gasteiger partial charge in [-0.15, -0.1) is 0 Å². The monoisotopic (exact) mass is 556 g/mol. The lowest BCUT2D eigenvalue weighted by Crippen LogP contribution is -2.62. The number of carbonyl (C=O) groups is 5. The molecule has 0 aromatic carbocycles. The molecular formula is C25H32O14. The Morgan fingerprint density at radius 1 is 0.821 bits per heavy atom. The molecule has 2 aliphatic heterocycles. The zero-order valence-corrected chi connectivity index (χ0v) is 22.1. The number of fused-ring (bicyclic) bond motifs is 1. The number of ether oxygens (including phenoxy) is 8. The minimum absolute atomic E-state index is 0.140. The van der Waals surface area contributed by atoms with E-state index in [0.29, 0.717) is 5.57 Å². The van der Waals surface area contributed by atoms with E-state index in [1.54, 1.807) is 12.2 Å². The van der Waals surface area contributed by atoms with E-state index in [-0.39, 0.29) is 6.61 Å². The molecule has 0 radical (unpaired) electrons. The Morgan fingerprint density at radius 2 is 1.44 bits per heavy atom. The highest BCUT2D eigenvalue weighted by atomic mass is 16.8. The zero-order chi connectivity index (χ0) is 28.9. The molecule has 0 aromatic rings. The van der Waals surface area contributed by atoms with Crippen molar-refractivity contribution in [3.05, 3.63) is 24.0 Å². The van der Waals surface area contributed by atoms with Gasteiger partial charge in [-0.05, 0) is 17.7 Å².